The minimum atomic E-state index is -3.28. The predicted molar refractivity (Wildman–Crippen MR) is 99.6 cm³/mol. The average molecular weight is 354 g/mol. The lowest BCUT2D eigenvalue weighted by atomic mass is 10.1. The van der Waals surface area contributed by atoms with Crippen LogP contribution in [-0.2, 0) is 15.8 Å². The van der Waals surface area contributed by atoms with Crippen LogP contribution < -0.4 is 0 Å². The van der Waals surface area contributed by atoms with E-state index in [0.717, 1.165) is 24.2 Å². The number of rotatable bonds is 6. The largest absolute Gasteiger partial charge is 0.308 e. The normalized spacial score (nSPS) is 23.8. The molecule has 0 spiro atoms. The van der Waals surface area contributed by atoms with Crippen LogP contribution in [-0.4, -0.2) is 74.9 Å². The Morgan fingerprint density at radius 1 is 1.12 bits per heavy atom. The van der Waals surface area contributed by atoms with Gasteiger partial charge in [0.2, 0.25) is 10.0 Å². The Bertz CT molecular complexity index is 633. The summed E-state index contributed by atoms with van der Waals surface area (Å²) in [5, 5.41) is 0. The van der Waals surface area contributed by atoms with Crippen LogP contribution in [0, 0.1) is 6.92 Å². The Balaban J connectivity index is 2.06. The van der Waals surface area contributed by atoms with E-state index in [0.29, 0.717) is 13.1 Å². The molecule has 1 aliphatic heterocycles. The highest BCUT2D eigenvalue weighted by molar-refractivity contribution is 7.88. The number of sulfonamides is 1. The number of nitrogens with zero attached hydrogens (tertiary/aromatic N) is 3. The summed E-state index contributed by atoms with van der Waals surface area (Å²) in [6.45, 7) is 9.34. The topological polar surface area (TPSA) is 43.9 Å². The summed E-state index contributed by atoms with van der Waals surface area (Å²) in [4.78, 5) is 4.58. The van der Waals surface area contributed by atoms with Crippen molar-refractivity contribution in [2.45, 2.75) is 38.6 Å². The molecule has 136 valence electrons. The molecule has 0 bridgehead atoms. The van der Waals surface area contributed by atoms with Gasteiger partial charge in [-0.05, 0) is 46.0 Å². The number of hydrogen-bond donors (Lipinski definition) is 0. The fourth-order valence-electron chi connectivity index (χ4n) is 3.35. The number of piperazine rings is 1. The summed E-state index contributed by atoms with van der Waals surface area (Å²) in [5.74, 6) is 0.0941. The summed E-state index contributed by atoms with van der Waals surface area (Å²) in [5.41, 5.74) is 1.93. The first-order chi connectivity index (χ1) is 11.2. The number of benzene rings is 1. The maximum absolute atomic E-state index is 12.9. The molecular weight excluding hydrogens is 322 g/mol. The van der Waals surface area contributed by atoms with Gasteiger partial charge in [-0.15, -0.1) is 0 Å². The standard InChI is InChI=1S/C18H31N3O2S/c1-15-8-6-7-9-18(15)14-24(22,23)20-12-16(2)21(17(3)13-20)11-10-19(4)5/h6-9,16-17H,10-14H2,1-5H3. The molecule has 1 aromatic carbocycles. The second-order valence-electron chi connectivity index (χ2n) is 7.24. The van der Waals surface area contributed by atoms with Gasteiger partial charge in [0.1, 0.15) is 0 Å². The van der Waals surface area contributed by atoms with Gasteiger partial charge in [0.25, 0.3) is 0 Å². The molecule has 2 atom stereocenters. The smallest absolute Gasteiger partial charge is 0.218 e. The predicted octanol–water partition coefficient (Wildman–Crippen LogP) is 1.78. The first-order valence-corrected chi connectivity index (χ1v) is 10.2. The third-order valence-corrected chi connectivity index (χ3v) is 6.63. The molecule has 0 N–H and O–H groups in total. The Morgan fingerprint density at radius 2 is 1.71 bits per heavy atom. The van der Waals surface area contributed by atoms with E-state index in [1.54, 1.807) is 4.31 Å². The van der Waals surface area contributed by atoms with Crippen LogP contribution in [0.3, 0.4) is 0 Å². The lowest BCUT2D eigenvalue weighted by Crippen LogP contribution is -2.59. The van der Waals surface area contributed by atoms with Gasteiger partial charge in [0.15, 0.2) is 0 Å². The van der Waals surface area contributed by atoms with Crippen molar-refractivity contribution in [3.63, 3.8) is 0 Å². The molecule has 1 heterocycles. The monoisotopic (exact) mass is 353 g/mol. The van der Waals surface area contributed by atoms with Gasteiger partial charge in [-0.25, -0.2) is 8.42 Å². The second-order valence-corrected chi connectivity index (χ2v) is 9.21. The first kappa shape index (κ1) is 19.4. The second kappa shape index (κ2) is 7.95. The van der Waals surface area contributed by atoms with E-state index in [9.17, 15) is 8.42 Å². The SMILES string of the molecule is Cc1ccccc1CS(=O)(=O)N1CC(C)N(CCN(C)C)C(C)C1. The summed E-state index contributed by atoms with van der Waals surface area (Å²) < 4.78 is 27.4. The third-order valence-electron chi connectivity index (χ3n) is 4.87. The fourth-order valence-corrected chi connectivity index (χ4v) is 5.14. The molecule has 0 aromatic heterocycles. The van der Waals surface area contributed by atoms with Gasteiger partial charge >= 0.3 is 0 Å². The van der Waals surface area contributed by atoms with Gasteiger partial charge < -0.3 is 4.90 Å². The molecule has 6 heteroatoms. The summed E-state index contributed by atoms with van der Waals surface area (Å²) in [6, 6.07) is 8.20. The Kier molecular flexibility index (Phi) is 6.42. The van der Waals surface area contributed by atoms with Gasteiger partial charge in [-0.1, -0.05) is 24.3 Å². The van der Waals surface area contributed by atoms with Crippen LogP contribution in [0.25, 0.3) is 0 Å². The van der Waals surface area contributed by atoms with Crippen LogP contribution in [0.4, 0.5) is 0 Å². The molecule has 0 aliphatic carbocycles. The molecule has 0 amide bonds. The van der Waals surface area contributed by atoms with Gasteiger partial charge in [0.05, 0.1) is 5.75 Å². The molecular formula is C18H31N3O2S. The van der Waals surface area contributed by atoms with E-state index in [-0.39, 0.29) is 17.8 Å². The highest BCUT2D eigenvalue weighted by Crippen LogP contribution is 2.21. The van der Waals surface area contributed by atoms with Crippen molar-refractivity contribution in [2.24, 2.45) is 0 Å². The highest BCUT2D eigenvalue weighted by atomic mass is 32.2. The van der Waals surface area contributed by atoms with Crippen molar-refractivity contribution < 1.29 is 8.42 Å². The molecule has 0 radical (unpaired) electrons. The molecule has 1 aromatic rings. The maximum atomic E-state index is 12.9. The Labute approximate surface area is 147 Å². The first-order valence-electron chi connectivity index (χ1n) is 8.63. The van der Waals surface area contributed by atoms with Gasteiger partial charge in [0, 0.05) is 38.3 Å². The van der Waals surface area contributed by atoms with Crippen molar-refractivity contribution in [2.75, 3.05) is 40.3 Å². The molecule has 2 unspecified atom stereocenters. The molecule has 1 aliphatic rings. The zero-order valence-electron chi connectivity index (χ0n) is 15.6. The fraction of sp³-hybridized carbons (Fsp3) is 0.667. The van der Waals surface area contributed by atoms with E-state index in [2.05, 4.69) is 37.7 Å². The maximum Gasteiger partial charge on any atom is 0.218 e. The number of hydrogen-bond acceptors (Lipinski definition) is 4. The minimum Gasteiger partial charge on any atom is -0.308 e. The van der Waals surface area contributed by atoms with E-state index >= 15 is 0 Å². The third kappa shape index (κ3) is 4.79. The zero-order valence-corrected chi connectivity index (χ0v) is 16.4. The Hall–Kier alpha value is -0.950. The van der Waals surface area contributed by atoms with Crippen molar-refractivity contribution in [1.82, 2.24) is 14.1 Å². The number of likely N-dealkylation sites (N-methyl/N-ethyl adjacent to an activating group) is 1. The quantitative estimate of drug-likeness (QED) is 0.782. The lowest BCUT2D eigenvalue weighted by molar-refractivity contribution is 0.0707. The van der Waals surface area contributed by atoms with Gasteiger partial charge in [-0.3, -0.25) is 4.90 Å². The van der Waals surface area contributed by atoms with Crippen LogP contribution in [0.1, 0.15) is 25.0 Å². The molecule has 5 nitrogen and oxygen atoms in total. The van der Waals surface area contributed by atoms with Crippen molar-refractivity contribution in [3.05, 3.63) is 35.4 Å². The van der Waals surface area contributed by atoms with E-state index in [1.165, 1.54) is 0 Å². The van der Waals surface area contributed by atoms with E-state index < -0.39 is 10.0 Å². The van der Waals surface area contributed by atoms with Crippen molar-refractivity contribution in [1.29, 1.82) is 0 Å². The molecule has 0 saturated carbocycles. The van der Waals surface area contributed by atoms with Crippen LogP contribution in [0.5, 0.6) is 0 Å². The minimum absolute atomic E-state index is 0.0941. The van der Waals surface area contributed by atoms with Crippen LogP contribution in [0.15, 0.2) is 24.3 Å². The van der Waals surface area contributed by atoms with Crippen molar-refractivity contribution >= 4 is 10.0 Å². The van der Waals surface area contributed by atoms with E-state index in [1.807, 2.05) is 31.2 Å². The average Bonchev–Trinajstić information content (AvgIpc) is 2.48. The molecule has 2 rings (SSSR count). The Morgan fingerprint density at radius 3 is 2.25 bits per heavy atom. The van der Waals surface area contributed by atoms with Crippen LogP contribution >= 0.6 is 0 Å². The molecule has 24 heavy (non-hydrogen) atoms. The molecule has 1 fully saturated rings. The highest BCUT2D eigenvalue weighted by Gasteiger charge is 2.35. The van der Waals surface area contributed by atoms with Crippen molar-refractivity contribution in [3.8, 4) is 0 Å². The lowest BCUT2D eigenvalue weighted by Gasteiger charge is -2.44. The number of aryl methyl sites for hydroxylation is 1. The van der Waals surface area contributed by atoms with E-state index in [4.69, 9.17) is 0 Å². The van der Waals surface area contributed by atoms with Gasteiger partial charge in [-0.2, -0.15) is 4.31 Å². The molecule has 1 saturated heterocycles. The summed E-state index contributed by atoms with van der Waals surface area (Å²) in [6.07, 6.45) is 0. The summed E-state index contributed by atoms with van der Waals surface area (Å²) >= 11 is 0. The zero-order chi connectivity index (χ0) is 17.9. The van der Waals surface area contributed by atoms with Crippen LogP contribution in [0.2, 0.25) is 0 Å². The summed E-state index contributed by atoms with van der Waals surface area (Å²) in [7, 11) is 0.852.